The average molecular weight is 274 g/mol. The van der Waals surface area contributed by atoms with Crippen molar-refractivity contribution in [3.8, 4) is 0 Å². The summed E-state index contributed by atoms with van der Waals surface area (Å²) in [6, 6.07) is 0. The lowest BCUT2D eigenvalue weighted by atomic mass is 9.89. The second kappa shape index (κ2) is 6.07. The van der Waals surface area contributed by atoms with Gasteiger partial charge in [-0.15, -0.1) is 0 Å². The summed E-state index contributed by atoms with van der Waals surface area (Å²) in [5, 5.41) is 0.203. The molecule has 0 spiro atoms. The maximum atomic E-state index is 12.1. The fraction of sp³-hybridized carbons (Fsp3) is 0.500. The van der Waals surface area contributed by atoms with Gasteiger partial charge in [0.25, 0.3) is 11.1 Å². The van der Waals surface area contributed by atoms with Crippen LogP contribution in [0, 0.1) is 5.92 Å². The van der Waals surface area contributed by atoms with Crippen molar-refractivity contribution in [1.82, 2.24) is 9.13 Å². The maximum Gasteiger partial charge on any atom is 0.264 e. The fourth-order valence-electron chi connectivity index (χ4n) is 2.69. The predicted molar refractivity (Wildman–Crippen MR) is 81.9 cm³/mol. The van der Waals surface area contributed by atoms with Crippen LogP contribution >= 0.6 is 0 Å². The maximum absolute atomic E-state index is 12.1. The molecule has 2 rings (SSSR count). The zero-order valence-corrected chi connectivity index (χ0v) is 12.3. The van der Waals surface area contributed by atoms with Gasteiger partial charge in [-0.3, -0.25) is 18.7 Å². The van der Waals surface area contributed by atoms with Gasteiger partial charge in [-0.25, -0.2) is 0 Å². The summed E-state index contributed by atoms with van der Waals surface area (Å²) in [5.41, 5.74) is -0.161. The molecule has 0 aliphatic heterocycles. The highest BCUT2D eigenvalue weighted by atomic mass is 16.1. The highest BCUT2D eigenvalue weighted by molar-refractivity contribution is 5.35. The minimum absolute atomic E-state index is 0.203. The third-order valence-corrected chi connectivity index (χ3v) is 4.14. The highest BCUT2D eigenvalue weighted by Gasteiger charge is 2.09. The molecular weight excluding hydrogens is 252 g/mol. The first-order valence-electron chi connectivity index (χ1n) is 7.16. The van der Waals surface area contributed by atoms with Crippen LogP contribution in [0.1, 0.15) is 32.1 Å². The molecule has 0 unspecified atom stereocenters. The van der Waals surface area contributed by atoms with Gasteiger partial charge in [0.1, 0.15) is 10.7 Å². The summed E-state index contributed by atoms with van der Waals surface area (Å²) in [5.74, 6) is 0.583. The lowest BCUT2D eigenvalue weighted by Crippen LogP contribution is -2.56. The summed E-state index contributed by atoms with van der Waals surface area (Å²) < 4.78 is 2.81. The molecule has 0 N–H and O–H groups in total. The molecule has 0 saturated heterocycles. The summed E-state index contributed by atoms with van der Waals surface area (Å²) in [7, 11) is 3.26. The topological polar surface area (TPSA) is 44.0 Å². The first-order chi connectivity index (χ1) is 9.52. The van der Waals surface area contributed by atoms with E-state index in [4.69, 9.17) is 0 Å². The molecule has 1 heterocycles. The molecule has 108 valence electrons. The molecule has 1 aliphatic rings. The number of nitrogens with zero attached hydrogens (tertiary/aromatic N) is 2. The van der Waals surface area contributed by atoms with Gasteiger partial charge in [-0.05, 0) is 24.8 Å². The number of hydrogen-bond acceptors (Lipinski definition) is 2. The quantitative estimate of drug-likeness (QED) is 0.784. The SMILES string of the molecule is C=c1n(C)c(=O)c(=C/C=C/C2CCCCC2)c(=O)n1C. The van der Waals surface area contributed by atoms with Crippen LogP contribution in [0.5, 0.6) is 0 Å². The molecule has 0 radical (unpaired) electrons. The first kappa shape index (κ1) is 14.6. The predicted octanol–water partition coefficient (Wildman–Crippen LogP) is 0.411. The van der Waals surface area contributed by atoms with Gasteiger partial charge in [-0.1, -0.05) is 38.0 Å². The second-order valence-electron chi connectivity index (χ2n) is 5.51. The zero-order valence-electron chi connectivity index (χ0n) is 12.3. The monoisotopic (exact) mass is 274 g/mol. The van der Waals surface area contributed by atoms with Crippen molar-refractivity contribution in [2.45, 2.75) is 32.1 Å². The molecule has 0 bridgehead atoms. The minimum Gasteiger partial charge on any atom is -0.297 e. The van der Waals surface area contributed by atoms with E-state index in [0.717, 1.165) is 0 Å². The van der Waals surface area contributed by atoms with Gasteiger partial charge in [0.15, 0.2) is 0 Å². The molecule has 1 fully saturated rings. The molecule has 20 heavy (non-hydrogen) atoms. The zero-order chi connectivity index (χ0) is 14.7. The molecular formula is C16H22N2O2. The second-order valence-corrected chi connectivity index (χ2v) is 5.51. The summed E-state index contributed by atoms with van der Waals surface area (Å²) in [6.07, 6.45) is 11.9. The average Bonchev–Trinajstić information content (AvgIpc) is 2.48. The van der Waals surface area contributed by atoms with Gasteiger partial charge in [-0.2, -0.15) is 0 Å². The van der Waals surface area contributed by atoms with Crippen LogP contribution in [-0.4, -0.2) is 9.13 Å². The van der Waals surface area contributed by atoms with E-state index in [9.17, 15) is 9.59 Å². The Labute approximate surface area is 118 Å². The standard InChI is InChI=1S/C16H22N2O2/c1-12-17(2)15(19)14(16(20)18(12)3)11-7-10-13-8-5-4-6-9-13/h7,10-11,13H,1,4-6,8-9H2,2-3H3/b10-7+. The number of allylic oxidation sites excluding steroid dienone is 2. The van der Waals surface area contributed by atoms with E-state index in [1.807, 2.05) is 6.08 Å². The number of rotatable bonds is 2. The van der Waals surface area contributed by atoms with E-state index in [1.165, 1.54) is 41.2 Å². The van der Waals surface area contributed by atoms with Crippen molar-refractivity contribution in [3.05, 3.63) is 43.6 Å². The Kier molecular flexibility index (Phi) is 4.42. The molecule has 1 saturated carbocycles. The van der Waals surface area contributed by atoms with E-state index in [-0.39, 0.29) is 16.3 Å². The van der Waals surface area contributed by atoms with Crippen LogP contribution in [0.3, 0.4) is 0 Å². The third-order valence-electron chi connectivity index (χ3n) is 4.14. The van der Waals surface area contributed by atoms with E-state index in [0.29, 0.717) is 11.4 Å². The smallest absolute Gasteiger partial charge is 0.264 e. The Hall–Kier alpha value is -1.84. The van der Waals surface area contributed by atoms with Gasteiger partial charge in [0.2, 0.25) is 0 Å². The summed E-state index contributed by atoms with van der Waals surface area (Å²) >= 11 is 0. The Morgan fingerprint density at radius 3 is 2.15 bits per heavy atom. The third kappa shape index (κ3) is 2.84. The summed E-state index contributed by atoms with van der Waals surface area (Å²) in [4.78, 5) is 24.2. The molecule has 4 heteroatoms. The van der Waals surface area contributed by atoms with Crippen LogP contribution < -0.4 is 21.8 Å². The number of hydrogen-bond donors (Lipinski definition) is 0. The van der Waals surface area contributed by atoms with Crippen LogP contribution in [0.15, 0.2) is 21.7 Å². The first-order valence-corrected chi connectivity index (χ1v) is 7.16. The van der Waals surface area contributed by atoms with Crippen molar-refractivity contribution in [3.63, 3.8) is 0 Å². The van der Waals surface area contributed by atoms with Crippen LogP contribution in [0.25, 0.3) is 12.7 Å². The van der Waals surface area contributed by atoms with Gasteiger partial charge in [0, 0.05) is 14.1 Å². The largest absolute Gasteiger partial charge is 0.297 e. The van der Waals surface area contributed by atoms with Crippen LogP contribution in [0.4, 0.5) is 0 Å². The van der Waals surface area contributed by atoms with Crippen molar-refractivity contribution < 1.29 is 0 Å². The number of aromatic nitrogens is 2. The van der Waals surface area contributed by atoms with Crippen LogP contribution in [0.2, 0.25) is 0 Å². The normalized spacial score (nSPS) is 16.7. The van der Waals surface area contributed by atoms with Crippen LogP contribution in [-0.2, 0) is 14.1 Å². The molecule has 1 aromatic rings. The summed E-state index contributed by atoms with van der Waals surface area (Å²) in [6.45, 7) is 3.73. The Balaban J connectivity index is 2.40. The minimum atomic E-state index is -0.286. The van der Waals surface area contributed by atoms with Gasteiger partial charge >= 0.3 is 0 Å². The van der Waals surface area contributed by atoms with Crippen molar-refractivity contribution in [2.75, 3.05) is 0 Å². The highest BCUT2D eigenvalue weighted by Crippen LogP contribution is 2.24. The Morgan fingerprint density at radius 2 is 1.60 bits per heavy atom. The van der Waals surface area contributed by atoms with E-state index < -0.39 is 0 Å². The van der Waals surface area contributed by atoms with Crippen molar-refractivity contribution in [2.24, 2.45) is 20.0 Å². The molecule has 0 aromatic carbocycles. The Bertz CT molecular complexity index is 688. The van der Waals surface area contributed by atoms with Gasteiger partial charge in [0.05, 0.1) is 0 Å². The lowest BCUT2D eigenvalue weighted by molar-refractivity contribution is 0.419. The molecule has 1 aromatic heterocycles. The van der Waals surface area contributed by atoms with E-state index >= 15 is 0 Å². The Morgan fingerprint density at radius 1 is 1.05 bits per heavy atom. The molecule has 0 amide bonds. The molecule has 0 atom stereocenters. The van der Waals surface area contributed by atoms with E-state index in [2.05, 4.69) is 12.7 Å². The van der Waals surface area contributed by atoms with Crippen molar-refractivity contribution in [1.29, 1.82) is 0 Å². The fourth-order valence-corrected chi connectivity index (χ4v) is 2.69. The molecule has 1 aliphatic carbocycles. The van der Waals surface area contributed by atoms with Crippen molar-refractivity contribution >= 4 is 12.7 Å². The van der Waals surface area contributed by atoms with E-state index in [1.54, 1.807) is 20.2 Å². The molecule has 4 nitrogen and oxygen atoms in total. The lowest BCUT2D eigenvalue weighted by Gasteiger charge is -2.17. The van der Waals surface area contributed by atoms with Gasteiger partial charge < -0.3 is 0 Å².